The molecule has 0 spiro atoms. The molecule has 2 heteroatoms. The van der Waals surface area contributed by atoms with E-state index >= 15 is 0 Å². The maximum Gasteiger partial charge on any atom is 0.0955 e. The van der Waals surface area contributed by atoms with Crippen molar-refractivity contribution in [3.8, 4) is 0 Å². The molecule has 2 atom stereocenters. The molecule has 2 rings (SSSR count). The molecule has 0 aliphatic carbocycles. The van der Waals surface area contributed by atoms with Gasteiger partial charge in [-0.05, 0) is 24.0 Å². The first-order chi connectivity index (χ1) is 9.85. The lowest BCUT2D eigenvalue weighted by molar-refractivity contribution is 0.579. The zero-order chi connectivity index (χ0) is 14.2. The number of azo groups is 1. The fourth-order valence-corrected chi connectivity index (χ4v) is 2.28. The van der Waals surface area contributed by atoms with Crippen molar-refractivity contribution in [1.82, 2.24) is 0 Å². The minimum absolute atomic E-state index is 0.161. The highest BCUT2D eigenvalue weighted by Gasteiger charge is 2.10. The molecule has 0 aliphatic heterocycles. The second kappa shape index (κ2) is 7.59. The highest BCUT2D eigenvalue weighted by molar-refractivity contribution is 5.20. The van der Waals surface area contributed by atoms with Crippen molar-refractivity contribution < 1.29 is 0 Å². The van der Waals surface area contributed by atoms with E-state index in [1.807, 2.05) is 12.1 Å². The van der Waals surface area contributed by atoms with Gasteiger partial charge in [-0.25, -0.2) is 0 Å². The van der Waals surface area contributed by atoms with Crippen LogP contribution in [-0.2, 0) is 0 Å². The third-order valence-corrected chi connectivity index (χ3v) is 3.49. The second-order valence-electron chi connectivity index (χ2n) is 4.90. The van der Waals surface area contributed by atoms with Gasteiger partial charge in [0.25, 0.3) is 0 Å². The SMILES string of the molecule is CCC(N=NC(CC)c1ccccc1)c1ccccc1. The van der Waals surface area contributed by atoms with Gasteiger partial charge in [-0.3, -0.25) is 0 Å². The van der Waals surface area contributed by atoms with Crippen molar-refractivity contribution in [1.29, 1.82) is 0 Å². The van der Waals surface area contributed by atoms with Crippen LogP contribution in [0.1, 0.15) is 49.9 Å². The van der Waals surface area contributed by atoms with E-state index in [-0.39, 0.29) is 12.1 Å². The minimum atomic E-state index is 0.161. The summed E-state index contributed by atoms with van der Waals surface area (Å²) in [5.74, 6) is 0. The van der Waals surface area contributed by atoms with Gasteiger partial charge in [0.2, 0.25) is 0 Å². The van der Waals surface area contributed by atoms with Crippen LogP contribution in [0, 0.1) is 0 Å². The first kappa shape index (κ1) is 14.4. The van der Waals surface area contributed by atoms with E-state index in [4.69, 9.17) is 0 Å². The number of rotatable bonds is 6. The Morgan fingerprint density at radius 1 is 0.650 bits per heavy atom. The molecule has 0 amide bonds. The van der Waals surface area contributed by atoms with E-state index in [0.29, 0.717) is 0 Å². The van der Waals surface area contributed by atoms with Crippen molar-refractivity contribution in [2.75, 3.05) is 0 Å². The Balaban J connectivity index is 2.13. The molecular weight excluding hydrogens is 244 g/mol. The van der Waals surface area contributed by atoms with E-state index in [1.165, 1.54) is 11.1 Å². The third kappa shape index (κ3) is 3.77. The van der Waals surface area contributed by atoms with E-state index in [9.17, 15) is 0 Å². The number of benzene rings is 2. The minimum Gasteiger partial charge on any atom is -0.185 e. The Morgan fingerprint density at radius 2 is 1.00 bits per heavy atom. The first-order valence-corrected chi connectivity index (χ1v) is 7.35. The number of nitrogens with zero attached hydrogens (tertiary/aromatic N) is 2. The van der Waals surface area contributed by atoms with Gasteiger partial charge >= 0.3 is 0 Å². The monoisotopic (exact) mass is 266 g/mol. The largest absolute Gasteiger partial charge is 0.185 e. The van der Waals surface area contributed by atoms with Crippen molar-refractivity contribution in [3.63, 3.8) is 0 Å². The lowest BCUT2D eigenvalue weighted by Crippen LogP contribution is -1.96. The van der Waals surface area contributed by atoms with Crippen LogP contribution in [0.15, 0.2) is 70.9 Å². The Bertz CT molecular complexity index is 470. The molecule has 0 saturated carbocycles. The highest BCUT2D eigenvalue weighted by atomic mass is 15.1. The summed E-state index contributed by atoms with van der Waals surface area (Å²) in [5.41, 5.74) is 2.48. The molecule has 0 N–H and O–H groups in total. The van der Waals surface area contributed by atoms with Crippen LogP contribution < -0.4 is 0 Å². The molecule has 0 aromatic heterocycles. The van der Waals surface area contributed by atoms with Crippen LogP contribution >= 0.6 is 0 Å². The zero-order valence-corrected chi connectivity index (χ0v) is 12.2. The van der Waals surface area contributed by atoms with Gasteiger partial charge in [-0.2, -0.15) is 10.2 Å². The summed E-state index contributed by atoms with van der Waals surface area (Å²) >= 11 is 0. The predicted molar refractivity (Wildman–Crippen MR) is 83.8 cm³/mol. The van der Waals surface area contributed by atoms with Crippen molar-refractivity contribution in [2.45, 2.75) is 38.8 Å². The lowest BCUT2D eigenvalue weighted by Gasteiger charge is -2.12. The Labute approximate surface area is 121 Å². The lowest BCUT2D eigenvalue weighted by atomic mass is 10.1. The van der Waals surface area contributed by atoms with Crippen molar-refractivity contribution in [2.24, 2.45) is 10.2 Å². The fourth-order valence-electron chi connectivity index (χ4n) is 2.28. The summed E-state index contributed by atoms with van der Waals surface area (Å²) in [7, 11) is 0. The second-order valence-corrected chi connectivity index (χ2v) is 4.90. The van der Waals surface area contributed by atoms with Gasteiger partial charge in [-0.15, -0.1) is 0 Å². The molecule has 2 nitrogen and oxygen atoms in total. The van der Waals surface area contributed by atoms with Gasteiger partial charge in [0.05, 0.1) is 12.1 Å². The molecule has 2 aromatic carbocycles. The Kier molecular flexibility index (Phi) is 5.48. The average Bonchev–Trinajstić information content (AvgIpc) is 2.53. The standard InChI is InChI=1S/C18H22N2/c1-3-17(15-11-7-5-8-12-15)19-20-18(4-2)16-13-9-6-10-14-16/h5-14,17-18H,3-4H2,1-2H3. The molecule has 104 valence electrons. The number of hydrogen-bond donors (Lipinski definition) is 0. The molecule has 20 heavy (non-hydrogen) atoms. The quantitative estimate of drug-likeness (QED) is 0.595. The summed E-state index contributed by atoms with van der Waals surface area (Å²) in [6.45, 7) is 4.31. The van der Waals surface area contributed by atoms with Crippen LogP contribution in [-0.4, -0.2) is 0 Å². The van der Waals surface area contributed by atoms with Gasteiger partial charge in [0.1, 0.15) is 0 Å². The summed E-state index contributed by atoms with van der Waals surface area (Å²) in [5, 5.41) is 9.17. The average molecular weight is 266 g/mol. The smallest absolute Gasteiger partial charge is 0.0955 e. The van der Waals surface area contributed by atoms with Crippen LogP contribution in [0.3, 0.4) is 0 Å². The Morgan fingerprint density at radius 3 is 1.30 bits per heavy atom. The van der Waals surface area contributed by atoms with Crippen molar-refractivity contribution in [3.05, 3.63) is 71.8 Å². The van der Waals surface area contributed by atoms with Crippen LogP contribution in [0.4, 0.5) is 0 Å². The van der Waals surface area contributed by atoms with E-state index in [1.54, 1.807) is 0 Å². The Hall–Kier alpha value is -1.96. The summed E-state index contributed by atoms with van der Waals surface area (Å²) in [6.07, 6.45) is 1.94. The van der Waals surface area contributed by atoms with Crippen LogP contribution in [0.5, 0.6) is 0 Å². The van der Waals surface area contributed by atoms with Gasteiger partial charge in [0.15, 0.2) is 0 Å². The maximum absolute atomic E-state index is 4.58. The van der Waals surface area contributed by atoms with E-state index < -0.39 is 0 Å². The molecule has 0 heterocycles. The first-order valence-electron chi connectivity index (χ1n) is 7.35. The zero-order valence-electron chi connectivity index (χ0n) is 12.2. The van der Waals surface area contributed by atoms with Gasteiger partial charge in [0, 0.05) is 0 Å². The normalized spacial score (nSPS) is 14.3. The van der Waals surface area contributed by atoms with Crippen LogP contribution in [0.25, 0.3) is 0 Å². The van der Waals surface area contributed by atoms with E-state index in [2.05, 4.69) is 72.6 Å². The molecule has 2 aromatic rings. The number of hydrogen-bond acceptors (Lipinski definition) is 2. The molecule has 0 bridgehead atoms. The van der Waals surface area contributed by atoms with Gasteiger partial charge in [-0.1, -0.05) is 74.5 Å². The fraction of sp³-hybridized carbons (Fsp3) is 0.333. The van der Waals surface area contributed by atoms with Crippen molar-refractivity contribution >= 4 is 0 Å². The van der Waals surface area contributed by atoms with Gasteiger partial charge < -0.3 is 0 Å². The molecular formula is C18H22N2. The summed E-state index contributed by atoms with van der Waals surface area (Å²) < 4.78 is 0. The molecule has 0 aliphatic rings. The molecule has 0 saturated heterocycles. The summed E-state index contributed by atoms with van der Waals surface area (Å²) in [4.78, 5) is 0. The molecule has 0 fully saturated rings. The highest BCUT2D eigenvalue weighted by Crippen LogP contribution is 2.26. The maximum atomic E-state index is 4.58. The summed E-state index contributed by atoms with van der Waals surface area (Å²) in [6, 6.07) is 21.1. The van der Waals surface area contributed by atoms with Crippen LogP contribution in [0.2, 0.25) is 0 Å². The van der Waals surface area contributed by atoms with E-state index in [0.717, 1.165) is 12.8 Å². The third-order valence-electron chi connectivity index (χ3n) is 3.49. The topological polar surface area (TPSA) is 24.7 Å². The molecule has 0 radical (unpaired) electrons. The molecule has 2 unspecified atom stereocenters. The predicted octanol–water partition coefficient (Wildman–Crippen LogP) is 5.74.